The predicted octanol–water partition coefficient (Wildman–Crippen LogP) is 2.50. The highest BCUT2D eigenvalue weighted by Gasteiger charge is 2.18. The fourth-order valence-corrected chi connectivity index (χ4v) is 3.71. The van der Waals surface area contributed by atoms with Crippen molar-refractivity contribution in [3.05, 3.63) is 77.4 Å². The number of hydrogen-bond donors (Lipinski definition) is 2. The van der Waals surface area contributed by atoms with Crippen LogP contribution in [0.3, 0.4) is 0 Å². The standard InChI is InChI=1S/C25H33N5O/c1-26-24(31)23-12-6-10-22(20-23)13-14-28-25(27-2)30-18-16-29(17-19-30)15-7-11-21-8-4-3-5-9-21/h3-12,20H,13-19H2,1-2H3,(H,26,31)(H,27,28)/b11-7+. The molecule has 0 unspecified atom stereocenters. The number of guanidine groups is 1. The average Bonchev–Trinajstić information content (AvgIpc) is 2.83. The molecule has 31 heavy (non-hydrogen) atoms. The lowest BCUT2D eigenvalue weighted by Crippen LogP contribution is -2.52. The van der Waals surface area contributed by atoms with E-state index in [9.17, 15) is 4.79 Å². The largest absolute Gasteiger partial charge is 0.356 e. The molecule has 1 aliphatic rings. The zero-order chi connectivity index (χ0) is 21.9. The number of amides is 1. The number of nitrogens with zero attached hydrogens (tertiary/aromatic N) is 3. The van der Waals surface area contributed by atoms with E-state index in [1.54, 1.807) is 7.05 Å². The number of piperazine rings is 1. The van der Waals surface area contributed by atoms with E-state index in [4.69, 9.17) is 0 Å². The van der Waals surface area contributed by atoms with Gasteiger partial charge in [-0.15, -0.1) is 0 Å². The second-order valence-corrected chi connectivity index (χ2v) is 7.60. The van der Waals surface area contributed by atoms with Crippen molar-refractivity contribution in [2.24, 2.45) is 4.99 Å². The van der Waals surface area contributed by atoms with Crippen LogP contribution >= 0.6 is 0 Å². The first-order valence-corrected chi connectivity index (χ1v) is 10.9. The molecule has 1 amide bonds. The first kappa shape index (κ1) is 22.6. The minimum atomic E-state index is -0.0536. The van der Waals surface area contributed by atoms with Crippen LogP contribution in [0.25, 0.3) is 6.08 Å². The van der Waals surface area contributed by atoms with Crippen molar-refractivity contribution in [3.63, 3.8) is 0 Å². The quantitative estimate of drug-likeness (QED) is 0.535. The van der Waals surface area contributed by atoms with Crippen molar-refractivity contribution in [2.75, 3.05) is 53.4 Å². The zero-order valence-electron chi connectivity index (χ0n) is 18.6. The van der Waals surface area contributed by atoms with Gasteiger partial charge in [-0.2, -0.15) is 0 Å². The van der Waals surface area contributed by atoms with E-state index in [1.807, 2.05) is 31.3 Å². The van der Waals surface area contributed by atoms with Crippen molar-refractivity contribution in [1.82, 2.24) is 20.4 Å². The minimum Gasteiger partial charge on any atom is -0.356 e. The Labute approximate surface area is 185 Å². The van der Waals surface area contributed by atoms with Crippen LogP contribution in [0.15, 0.2) is 65.7 Å². The molecule has 0 radical (unpaired) electrons. The maximum atomic E-state index is 11.8. The summed E-state index contributed by atoms with van der Waals surface area (Å²) in [5, 5.41) is 6.14. The van der Waals surface area contributed by atoms with Gasteiger partial charge in [-0.1, -0.05) is 54.6 Å². The van der Waals surface area contributed by atoms with E-state index in [0.717, 1.165) is 57.2 Å². The van der Waals surface area contributed by atoms with E-state index in [2.05, 4.69) is 67.9 Å². The van der Waals surface area contributed by atoms with Gasteiger partial charge in [0.25, 0.3) is 5.91 Å². The molecule has 1 heterocycles. The molecular weight excluding hydrogens is 386 g/mol. The van der Waals surface area contributed by atoms with Gasteiger partial charge in [-0.25, -0.2) is 0 Å². The van der Waals surface area contributed by atoms with Gasteiger partial charge in [0.05, 0.1) is 0 Å². The third kappa shape index (κ3) is 6.96. The Morgan fingerprint density at radius 1 is 1.06 bits per heavy atom. The van der Waals surface area contributed by atoms with Crippen LogP contribution in [0.2, 0.25) is 0 Å². The molecule has 6 nitrogen and oxygen atoms in total. The summed E-state index contributed by atoms with van der Waals surface area (Å²) < 4.78 is 0. The second kappa shape index (κ2) is 11.9. The van der Waals surface area contributed by atoms with Gasteiger partial charge in [-0.3, -0.25) is 14.7 Å². The van der Waals surface area contributed by atoms with Gasteiger partial charge < -0.3 is 15.5 Å². The summed E-state index contributed by atoms with van der Waals surface area (Å²) in [5.74, 6) is 0.893. The number of aliphatic imine (C=N–C) groups is 1. The number of carbonyl (C=O) groups excluding carboxylic acids is 1. The van der Waals surface area contributed by atoms with Crippen LogP contribution in [-0.4, -0.2) is 75.0 Å². The molecule has 2 aromatic rings. The van der Waals surface area contributed by atoms with E-state index in [-0.39, 0.29) is 5.91 Å². The van der Waals surface area contributed by atoms with Crippen LogP contribution in [-0.2, 0) is 6.42 Å². The van der Waals surface area contributed by atoms with Crippen LogP contribution in [0, 0.1) is 0 Å². The molecule has 3 rings (SSSR count). The topological polar surface area (TPSA) is 60.0 Å². The highest BCUT2D eigenvalue weighted by molar-refractivity contribution is 5.94. The monoisotopic (exact) mass is 419 g/mol. The molecule has 164 valence electrons. The van der Waals surface area contributed by atoms with Crippen LogP contribution < -0.4 is 10.6 Å². The summed E-state index contributed by atoms with van der Waals surface area (Å²) in [6.45, 7) is 5.72. The van der Waals surface area contributed by atoms with Gasteiger partial charge in [0.1, 0.15) is 0 Å². The molecule has 1 fully saturated rings. The Bertz CT molecular complexity index is 886. The van der Waals surface area contributed by atoms with Gasteiger partial charge in [0, 0.05) is 58.9 Å². The van der Waals surface area contributed by atoms with Crippen LogP contribution in [0.4, 0.5) is 0 Å². The number of carbonyl (C=O) groups is 1. The molecule has 1 saturated heterocycles. The Balaban J connectivity index is 1.41. The van der Waals surface area contributed by atoms with Gasteiger partial charge >= 0.3 is 0 Å². The van der Waals surface area contributed by atoms with Crippen molar-refractivity contribution < 1.29 is 4.79 Å². The summed E-state index contributed by atoms with van der Waals surface area (Å²) >= 11 is 0. The van der Waals surface area contributed by atoms with Crippen LogP contribution in [0.1, 0.15) is 21.5 Å². The molecule has 2 aromatic carbocycles. The zero-order valence-corrected chi connectivity index (χ0v) is 18.6. The van der Waals surface area contributed by atoms with E-state index < -0.39 is 0 Å². The first-order valence-electron chi connectivity index (χ1n) is 10.9. The fraction of sp³-hybridized carbons (Fsp3) is 0.360. The summed E-state index contributed by atoms with van der Waals surface area (Å²) in [6, 6.07) is 18.2. The lowest BCUT2D eigenvalue weighted by Gasteiger charge is -2.36. The normalized spacial score (nSPS) is 15.3. The SMILES string of the molecule is CN=C(NCCc1cccc(C(=O)NC)c1)N1CCN(C/C=C/c2ccccc2)CC1. The first-order chi connectivity index (χ1) is 15.2. The predicted molar refractivity (Wildman–Crippen MR) is 128 cm³/mol. The fourth-order valence-electron chi connectivity index (χ4n) is 3.71. The van der Waals surface area contributed by atoms with E-state index in [0.29, 0.717) is 5.56 Å². The third-order valence-corrected chi connectivity index (χ3v) is 5.47. The number of hydrogen-bond acceptors (Lipinski definition) is 3. The number of nitrogens with one attached hydrogen (secondary N) is 2. The van der Waals surface area contributed by atoms with Gasteiger partial charge in [-0.05, 0) is 29.7 Å². The molecule has 2 N–H and O–H groups in total. The third-order valence-electron chi connectivity index (χ3n) is 5.47. The summed E-state index contributed by atoms with van der Waals surface area (Å²) in [6.07, 6.45) is 5.27. The number of benzene rings is 2. The highest BCUT2D eigenvalue weighted by atomic mass is 16.1. The molecule has 0 aliphatic carbocycles. The molecule has 0 spiro atoms. The minimum absolute atomic E-state index is 0.0536. The van der Waals surface area contributed by atoms with E-state index >= 15 is 0 Å². The Kier molecular flexibility index (Phi) is 8.67. The van der Waals surface area contributed by atoms with Crippen molar-refractivity contribution >= 4 is 17.9 Å². The van der Waals surface area contributed by atoms with E-state index in [1.165, 1.54) is 5.56 Å². The molecule has 0 saturated carbocycles. The smallest absolute Gasteiger partial charge is 0.251 e. The van der Waals surface area contributed by atoms with Crippen molar-refractivity contribution in [3.8, 4) is 0 Å². The lowest BCUT2D eigenvalue weighted by atomic mass is 10.1. The van der Waals surface area contributed by atoms with Gasteiger partial charge in [0.2, 0.25) is 0 Å². The maximum absolute atomic E-state index is 11.8. The maximum Gasteiger partial charge on any atom is 0.251 e. The van der Waals surface area contributed by atoms with Crippen LogP contribution in [0.5, 0.6) is 0 Å². The molecule has 0 bridgehead atoms. The molecule has 0 aromatic heterocycles. The van der Waals surface area contributed by atoms with Crippen molar-refractivity contribution in [1.29, 1.82) is 0 Å². The molecule has 1 aliphatic heterocycles. The van der Waals surface area contributed by atoms with Gasteiger partial charge in [0.15, 0.2) is 5.96 Å². The Hall–Kier alpha value is -3.12. The average molecular weight is 420 g/mol. The Morgan fingerprint density at radius 3 is 2.55 bits per heavy atom. The molecule has 6 heteroatoms. The summed E-state index contributed by atoms with van der Waals surface area (Å²) in [4.78, 5) is 21.1. The Morgan fingerprint density at radius 2 is 1.84 bits per heavy atom. The molecule has 0 atom stereocenters. The summed E-state index contributed by atoms with van der Waals surface area (Å²) in [5.41, 5.74) is 3.08. The lowest BCUT2D eigenvalue weighted by molar-refractivity contribution is 0.0963. The highest BCUT2D eigenvalue weighted by Crippen LogP contribution is 2.07. The summed E-state index contributed by atoms with van der Waals surface area (Å²) in [7, 11) is 3.49. The number of rotatable bonds is 7. The second-order valence-electron chi connectivity index (χ2n) is 7.60. The van der Waals surface area contributed by atoms with Crippen molar-refractivity contribution in [2.45, 2.75) is 6.42 Å². The molecular formula is C25H33N5O.